The number of para-hydroxylation sites is 3. The summed E-state index contributed by atoms with van der Waals surface area (Å²) in [6, 6.07) is 20.9. The minimum absolute atomic E-state index is 0.0661. The molecule has 118 valence electrons. The summed E-state index contributed by atoms with van der Waals surface area (Å²) >= 11 is 0. The fourth-order valence-corrected chi connectivity index (χ4v) is 2.05. The Morgan fingerprint density at radius 2 is 1.12 bits per heavy atom. The molecule has 0 aliphatic rings. The minimum atomic E-state index is 0.0661. The molecule has 0 atom stereocenters. The summed E-state index contributed by atoms with van der Waals surface area (Å²) in [6.45, 7) is 0. The van der Waals surface area contributed by atoms with Crippen molar-refractivity contribution in [1.29, 1.82) is 0 Å². The smallest absolute Gasteiger partial charge is 0.143 e. The fraction of sp³-hybridized carbons (Fsp3) is 0. The van der Waals surface area contributed by atoms with E-state index < -0.39 is 0 Å². The van der Waals surface area contributed by atoms with Gasteiger partial charge >= 0.3 is 0 Å². The van der Waals surface area contributed by atoms with E-state index in [1.165, 1.54) is 0 Å². The maximum Gasteiger partial charge on any atom is 0.143 e. The van der Waals surface area contributed by atoms with E-state index in [1.807, 2.05) is 18.2 Å². The van der Waals surface area contributed by atoms with Gasteiger partial charge in [0.1, 0.15) is 22.9 Å². The molecule has 0 saturated heterocycles. The number of azo groups is 1. The molecular weight excluding hydrogens is 302 g/mol. The lowest BCUT2D eigenvalue weighted by atomic mass is 10.2. The Bertz CT molecular complexity index is 830. The Morgan fingerprint density at radius 3 is 1.83 bits per heavy atom. The van der Waals surface area contributed by atoms with Crippen molar-refractivity contribution in [2.24, 2.45) is 15.2 Å². The van der Waals surface area contributed by atoms with Gasteiger partial charge in [0.15, 0.2) is 0 Å². The number of hydrogen-bond acceptors (Lipinski definition) is 5. The van der Waals surface area contributed by atoms with Gasteiger partial charge in [-0.15, -0.1) is 10.2 Å². The predicted octanol–water partition coefficient (Wildman–Crippen LogP) is 5.26. The van der Waals surface area contributed by atoms with Gasteiger partial charge in [0.25, 0.3) is 0 Å². The van der Waals surface area contributed by atoms with Crippen LogP contribution in [0.5, 0.6) is 11.5 Å². The normalized spacial score (nSPS) is 11.3. The zero-order valence-corrected chi connectivity index (χ0v) is 12.7. The van der Waals surface area contributed by atoms with Gasteiger partial charge in [0.05, 0.1) is 5.69 Å². The van der Waals surface area contributed by atoms with Gasteiger partial charge in [-0.25, -0.2) is 0 Å². The maximum atomic E-state index is 9.78. The zero-order chi connectivity index (χ0) is 16.8. The first-order chi connectivity index (χ1) is 11.7. The summed E-state index contributed by atoms with van der Waals surface area (Å²) in [5.41, 5.74) is 2.18. The molecule has 0 spiro atoms. The number of benzene rings is 3. The van der Waals surface area contributed by atoms with E-state index in [0.29, 0.717) is 22.6 Å². The number of hydrogen-bond donors (Lipinski definition) is 2. The highest BCUT2D eigenvalue weighted by molar-refractivity contribution is 5.86. The second-order valence-corrected chi connectivity index (χ2v) is 4.99. The number of aliphatic imine (C=N–C) groups is 1. The molecule has 5 heteroatoms. The van der Waals surface area contributed by atoms with Crippen LogP contribution >= 0.6 is 0 Å². The molecule has 3 aromatic rings. The second kappa shape index (κ2) is 7.19. The van der Waals surface area contributed by atoms with Crippen LogP contribution in [0.4, 0.5) is 17.1 Å². The number of nitrogens with zero attached hydrogens (tertiary/aromatic N) is 3. The molecule has 3 rings (SSSR count). The average Bonchev–Trinajstić information content (AvgIpc) is 2.61. The highest BCUT2D eigenvalue weighted by Crippen LogP contribution is 2.31. The molecule has 0 unspecified atom stereocenters. The van der Waals surface area contributed by atoms with Crippen LogP contribution in [0.25, 0.3) is 0 Å². The molecule has 0 saturated carbocycles. The molecule has 5 nitrogen and oxygen atoms in total. The van der Waals surface area contributed by atoms with Gasteiger partial charge in [0.2, 0.25) is 0 Å². The number of phenols is 2. The number of rotatable bonds is 4. The van der Waals surface area contributed by atoms with Gasteiger partial charge in [-0.1, -0.05) is 36.4 Å². The monoisotopic (exact) mass is 317 g/mol. The third-order valence-corrected chi connectivity index (χ3v) is 3.31. The first-order valence-corrected chi connectivity index (χ1v) is 7.35. The first-order valence-electron chi connectivity index (χ1n) is 7.35. The molecule has 2 N–H and O–H groups in total. The van der Waals surface area contributed by atoms with E-state index >= 15 is 0 Å². The molecule has 0 bridgehead atoms. The number of aromatic hydroxyl groups is 2. The van der Waals surface area contributed by atoms with Crippen molar-refractivity contribution >= 4 is 23.3 Å². The Balaban J connectivity index is 1.89. The molecule has 0 aliphatic carbocycles. The van der Waals surface area contributed by atoms with E-state index in [0.717, 1.165) is 0 Å². The first kappa shape index (κ1) is 15.4. The third kappa shape index (κ3) is 3.64. The van der Waals surface area contributed by atoms with Crippen LogP contribution in [0.2, 0.25) is 0 Å². The van der Waals surface area contributed by atoms with Gasteiger partial charge in [0, 0.05) is 11.8 Å². The van der Waals surface area contributed by atoms with Gasteiger partial charge in [-0.05, 0) is 36.4 Å². The molecular formula is C19H15N3O2. The topological polar surface area (TPSA) is 77.5 Å². The van der Waals surface area contributed by atoms with E-state index in [-0.39, 0.29) is 11.5 Å². The van der Waals surface area contributed by atoms with Crippen molar-refractivity contribution in [3.05, 3.63) is 78.4 Å². The van der Waals surface area contributed by atoms with Crippen LogP contribution < -0.4 is 0 Å². The quantitative estimate of drug-likeness (QED) is 0.508. The summed E-state index contributed by atoms with van der Waals surface area (Å²) in [6.07, 6.45) is 1.57. The third-order valence-electron chi connectivity index (χ3n) is 3.31. The molecule has 3 aromatic carbocycles. The Hall–Kier alpha value is -3.47. The van der Waals surface area contributed by atoms with Gasteiger partial charge in [-0.3, -0.25) is 4.99 Å². The highest BCUT2D eigenvalue weighted by atomic mass is 16.3. The SMILES string of the molecule is Oc1ccccc1C=Nc1ccccc1N=Nc1ccccc1O. The van der Waals surface area contributed by atoms with E-state index in [9.17, 15) is 10.2 Å². The Morgan fingerprint density at radius 1 is 0.583 bits per heavy atom. The van der Waals surface area contributed by atoms with Crippen molar-refractivity contribution in [2.45, 2.75) is 0 Å². The summed E-state index contributed by atoms with van der Waals surface area (Å²) in [5.74, 6) is 0.228. The molecule has 0 amide bonds. The van der Waals surface area contributed by atoms with E-state index in [1.54, 1.807) is 60.8 Å². The lowest BCUT2D eigenvalue weighted by molar-refractivity contribution is 0.474. The lowest BCUT2D eigenvalue weighted by Gasteiger charge is -2.01. The minimum Gasteiger partial charge on any atom is -0.507 e. The molecule has 0 fully saturated rings. The zero-order valence-electron chi connectivity index (χ0n) is 12.7. The molecule has 0 aromatic heterocycles. The highest BCUT2D eigenvalue weighted by Gasteiger charge is 2.01. The summed E-state index contributed by atoms with van der Waals surface area (Å²) in [5, 5.41) is 27.7. The second-order valence-electron chi connectivity index (χ2n) is 4.99. The summed E-state index contributed by atoms with van der Waals surface area (Å²) in [7, 11) is 0. The van der Waals surface area contributed by atoms with Crippen molar-refractivity contribution in [3.63, 3.8) is 0 Å². The largest absolute Gasteiger partial charge is 0.507 e. The molecule has 24 heavy (non-hydrogen) atoms. The summed E-state index contributed by atoms with van der Waals surface area (Å²) < 4.78 is 0. The van der Waals surface area contributed by atoms with Gasteiger partial charge in [-0.2, -0.15) is 0 Å². The maximum absolute atomic E-state index is 9.78. The van der Waals surface area contributed by atoms with E-state index in [2.05, 4.69) is 15.2 Å². The lowest BCUT2D eigenvalue weighted by Crippen LogP contribution is -1.80. The average molecular weight is 317 g/mol. The van der Waals surface area contributed by atoms with Crippen LogP contribution in [0.1, 0.15) is 5.56 Å². The van der Waals surface area contributed by atoms with Crippen LogP contribution in [-0.4, -0.2) is 16.4 Å². The van der Waals surface area contributed by atoms with Crippen LogP contribution in [-0.2, 0) is 0 Å². The Kier molecular flexibility index (Phi) is 4.62. The van der Waals surface area contributed by atoms with Crippen molar-refractivity contribution in [2.75, 3.05) is 0 Å². The van der Waals surface area contributed by atoms with Gasteiger partial charge < -0.3 is 10.2 Å². The van der Waals surface area contributed by atoms with Crippen LogP contribution in [0, 0.1) is 0 Å². The van der Waals surface area contributed by atoms with E-state index in [4.69, 9.17) is 0 Å². The predicted molar refractivity (Wildman–Crippen MR) is 94.1 cm³/mol. The van der Waals surface area contributed by atoms with Crippen LogP contribution in [0.3, 0.4) is 0 Å². The van der Waals surface area contributed by atoms with Crippen molar-refractivity contribution in [1.82, 2.24) is 0 Å². The number of phenolic OH excluding ortho intramolecular Hbond substituents is 2. The molecule has 0 heterocycles. The van der Waals surface area contributed by atoms with Crippen molar-refractivity contribution < 1.29 is 10.2 Å². The Labute approximate surface area is 139 Å². The fourth-order valence-electron chi connectivity index (χ4n) is 2.05. The molecule has 0 aliphatic heterocycles. The van der Waals surface area contributed by atoms with Crippen molar-refractivity contribution in [3.8, 4) is 11.5 Å². The van der Waals surface area contributed by atoms with Crippen LogP contribution in [0.15, 0.2) is 88.0 Å². The standard InChI is InChI=1S/C19H15N3O2/c23-18-11-5-1-7-14(18)13-20-15-8-2-3-9-16(15)21-22-17-10-4-6-12-19(17)24/h1-13,23-24H. The summed E-state index contributed by atoms with van der Waals surface area (Å²) in [4.78, 5) is 4.37. The molecule has 0 radical (unpaired) electrons.